The predicted molar refractivity (Wildman–Crippen MR) is 201 cm³/mol. The second-order valence-corrected chi connectivity index (χ2v) is 18.4. The minimum absolute atomic E-state index is 0.0185. The van der Waals surface area contributed by atoms with E-state index in [2.05, 4.69) is 54.2 Å². The number of carbonyl (C=O) groups excluding carboxylic acids is 1. The molecule has 2 N–H and O–H groups in total. The number of hydrogen-bond donors (Lipinski definition) is 2. The van der Waals surface area contributed by atoms with E-state index >= 15 is 0 Å². The van der Waals surface area contributed by atoms with E-state index < -0.39 is 17.5 Å². The van der Waals surface area contributed by atoms with Crippen molar-refractivity contribution in [2.75, 3.05) is 0 Å². The van der Waals surface area contributed by atoms with E-state index in [9.17, 15) is 24.6 Å². The van der Waals surface area contributed by atoms with Crippen LogP contribution in [0.25, 0.3) is 5.57 Å². The fourth-order valence-electron chi connectivity index (χ4n) is 13.7. The highest BCUT2D eigenvalue weighted by Crippen LogP contribution is 2.78. The molecule has 2 aromatic carbocycles. The van der Waals surface area contributed by atoms with Crippen LogP contribution in [0.15, 0.2) is 72.8 Å². The molecule has 51 heavy (non-hydrogen) atoms. The Morgan fingerprint density at radius 3 is 2.12 bits per heavy atom. The van der Waals surface area contributed by atoms with Gasteiger partial charge >= 0.3 is 12.1 Å². The summed E-state index contributed by atoms with van der Waals surface area (Å²) < 4.78 is 0. The summed E-state index contributed by atoms with van der Waals surface area (Å²) in [6.07, 6.45) is 10.1. The van der Waals surface area contributed by atoms with E-state index in [1.165, 1.54) is 5.57 Å². The van der Waals surface area contributed by atoms with Gasteiger partial charge in [-0.3, -0.25) is 4.79 Å². The van der Waals surface area contributed by atoms with E-state index in [1.54, 1.807) is 12.1 Å². The first-order chi connectivity index (χ1) is 24.0. The van der Waals surface area contributed by atoms with Gasteiger partial charge in [0.1, 0.15) is 0 Å². The molecule has 4 fully saturated rings. The minimum atomic E-state index is -1.16. The number of benzene rings is 2. The zero-order chi connectivity index (χ0) is 36.7. The van der Waals surface area contributed by atoms with Gasteiger partial charge in [0, 0.05) is 0 Å². The molecular formula is C45H57NO5. The molecule has 5 aliphatic carbocycles. The smallest absolute Gasteiger partial charge is 0.414 e. The van der Waals surface area contributed by atoms with Gasteiger partial charge in [0.15, 0.2) is 0 Å². The maximum atomic E-state index is 14.8. The first kappa shape index (κ1) is 35.7. The summed E-state index contributed by atoms with van der Waals surface area (Å²) in [6.45, 7) is 19.2. The lowest BCUT2D eigenvalue weighted by molar-refractivity contribution is -0.226. The Hall–Kier alpha value is -3.67. The number of carbonyl (C=O) groups is 3. The van der Waals surface area contributed by atoms with Crippen LogP contribution >= 0.6 is 0 Å². The van der Waals surface area contributed by atoms with E-state index in [4.69, 9.17) is 0 Å². The van der Waals surface area contributed by atoms with E-state index in [0.29, 0.717) is 23.3 Å². The molecule has 6 heteroatoms. The first-order valence-corrected chi connectivity index (χ1v) is 19.3. The lowest BCUT2D eigenvalue weighted by Gasteiger charge is -2.72. The molecule has 0 bridgehead atoms. The van der Waals surface area contributed by atoms with E-state index in [1.807, 2.05) is 42.5 Å². The third kappa shape index (κ3) is 5.12. The van der Waals surface area contributed by atoms with E-state index in [0.717, 1.165) is 79.4 Å². The summed E-state index contributed by atoms with van der Waals surface area (Å²) >= 11 is 0. The lowest BCUT2D eigenvalue weighted by Crippen LogP contribution is -2.66. The number of carboxylic acid groups (broad SMARTS) is 2. The summed E-state index contributed by atoms with van der Waals surface area (Å²) in [5, 5.41) is 20.0. The highest BCUT2D eigenvalue weighted by molar-refractivity contribution is 5.95. The highest BCUT2D eigenvalue weighted by Gasteiger charge is 2.72. The number of hydrogen-bond acceptors (Lipinski definition) is 3. The van der Waals surface area contributed by atoms with Crippen molar-refractivity contribution in [3.63, 3.8) is 0 Å². The number of carboxylic acids is 1. The van der Waals surface area contributed by atoms with Gasteiger partial charge in [-0.2, -0.15) is 0 Å². The summed E-state index contributed by atoms with van der Waals surface area (Å²) in [5.74, 6) is 0.546. The molecule has 0 radical (unpaired) electrons. The van der Waals surface area contributed by atoms with Crippen molar-refractivity contribution in [1.82, 2.24) is 4.90 Å². The number of nitrogens with zero attached hydrogens (tertiary/aromatic N) is 1. The Kier molecular flexibility index (Phi) is 8.55. The molecule has 0 unspecified atom stereocenters. The van der Waals surface area contributed by atoms with Gasteiger partial charge < -0.3 is 10.2 Å². The fourth-order valence-corrected chi connectivity index (χ4v) is 13.7. The third-order valence-corrected chi connectivity index (χ3v) is 16.2. The molecule has 2 amide bonds. The van der Waals surface area contributed by atoms with Gasteiger partial charge in [0.05, 0.1) is 17.5 Å². The number of allylic oxidation sites excluding steroid dienone is 3. The number of aromatic carboxylic acids is 1. The van der Waals surface area contributed by atoms with Crippen molar-refractivity contribution in [2.45, 2.75) is 106 Å². The standard InChI is InChI=1S/C45H57NO5/c1-28(2)32-19-24-45(39(49)46(40(50)51)27-29-11-9-8-10-12-29)26-25-43(6)34(37(32)45)17-18-36-42(5)22-20-33(30-13-15-31(16-14-30)38(47)48)41(3,4)35(42)21-23-44(36,43)7/h8-16,20,32,34-37H,1,17-19,21-27H2,2-7H3,(H,47,48)(H,50,51)/t32-,34+,35-,36+,37+,42-,43+,44+,45-/m0/s1. The average molecular weight is 692 g/mol. The van der Waals surface area contributed by atoms with Crippen molar-refractivity contribution >= 4 is 23.5 Å². The predicted octanol–water partition coefficient (Wildman–Crippen LogP) is 10.7. The summed E-state index contributed by atoms with van der Waals surface area (Å²) in [4.78, 5) is 40.4. The van der Waals surface area contributed by atoms with Crippen LogP contribution in [0.4, 0.5) is 4.79 Å². The Labute approximate surface area is 304 Å². The number of fused-ring (bicyclic) bond motifs is 7. The van der Waals surface area contributed by atoms with Gasteiger partial charge in [-0.15, -0.1) is 0 Å². The third-order valence-electron chi connectivity index (χ3n) is 16.2. The monoisotopic (exact) mass is 691 g/mol. The Morgan fingerprint density at radius 1 is 0.804 bits per heavy atom. The van der Waals surface area contributed by atoms with Crippen molar-refractivity contribution in [2.24, 2.45) is 56.7 Å². The quantitative estimate of drug-likeness (QED) is 0.294. The normalized spacial score (nSPS) is 37.8. The summed E-state index contributed by atoms with van der Waals surface area (Å²) in [5.41, 5.74) is 4.20. The van der Waals surface area contributed by atoms with Gasteiger partial charge in [-0.25, -0.2) is 14.5 Å². The van der Waals surface area contributed by atoms with Crippen molar-refractivity contribution < 1.29 is 24.6 Å². The molecule has 2 aromatic rings. The SMILES string of the molecule is C=C(C)[C@@H]1CC[C@]2(C(=O)N(Cc3ccccc3)C(=O)O)CC[C@]3(C)[C@H](CC[C@@H]4[C@@]5(C)CC=C(c6ccc(C(=O)O)cc6)C(C)(C)[C@@H]5CC[C@]43C)[C@@H]12. The van der Waals surface area contributed by atoms with Crippen LogP contribution in [0, 0.1) is 56.7 Å². The van der Waals surface area contributed by atoms with Crippen LogP contribution in [-0.2, 0) is 11.3 Å². The second-order valence-electron chi connectivity index (χ2n) is 18.4. The largest absolute Gasteiger partial charge is 0.478 e. The first-order valence-electron chi connectivity index (χ1n) is 19.3. The molecule has 0 saturated heterocycles. The number of amides is 2. The maximum absolute atomic E-state index is 14.8. The topological polar surface area (TPSA) is 94.9 Å². The number of imide groups is 1. The molecule has 0 aliphatic heterocycles. The van der Waals surface area contributed by atoms with Crippen molar-refractivity contribution in [1.29, 1.82) is 0 Å². The molecule has 4 saturated carbocycles. The van der Waals surface area contributed by atoms with Crippen molar-refractivity contribution in [3.8, 4) is 0 Å². The minimum Gasteiger partial charge on any atom is -0.478 e. The Bertz CT molecular complexity index is 1780. The molecule has 7 rings (SSSR count). The maximum Gasteiger partial charge on any atom is 0.414 e. The molecule has 9 atom stereocenters. The van der Waals surface area contributed by atoms with Crippen molar-refractivity contribution in [3.05, 3.63) is 89.5 Å². The van der Waals surface area contributed by atoms with E-state index in [-0.39, 0.29) is 45.9 Å². The Morgan fingerprint density at radius 2 is 1.49 bits per heavy atom. The molecular weight excluding hydrogens is 634 g/mol. The summed E-state index contributed by atoms with van der Waals surface area (Å²) in [6, 6.07) is 17.0. The van der Waals surface area contributed by atoms with Crippen LogP contribution in [0.2, 0.25) is 0 Å². The fraction of sp³-hybridized carbons (Fsp3) is 0.578. The van der Waals surface area contributed by atoms with Gasteiger partial charge in [0.25, 0.3) is 0 Å². The molecule has 0 aromatic heterocycles. The van der Waals surface area contributed by atoms with Crippen LogP contribution in [0.3, 0.4) is 0 Å². The van der Waals surface area contributed by atoms with Gasteiger partial charge in [0.2, 0.25) is 5.91 Å². The molecule has 5 aliphatic rings. The van der Waals surface area contributed by atoms with Gasteiger partial charge in [-0.1, -0.05) is 95.3 Å². The van der Waals surface area contributed by atoms with Crippen LogP contribution in [0.1, 0.15) is 121 Å². The van der Waals surface area contributed by atoms with Crippen LogP contribution in [0.5, 0.6) is 0 Å². The van der Waals surface area contributed by atoms with Crippen LogP contribution in [-0.4, -0.2) is 33.1 Å². The highest BCUT2D eigenvalue weighted by atomic mass is 16.4. The molecule has 0 spiro atoms. The molecule has 272 valence electrons. The Balaban J connectivity index is 1.23. The zero-order valence-corrected chi connectivity index (χ0v) is 31.5. The summed E-state index contributed by atoms with van der Waals surface area (Å²) in [7, 11) is 0. The zero-order valence-electron chi connectivity index (χ0n) is 31.5. The molecule has 6 nitrogen and oxygen atoms in total. The average Bonchev–Trinajstić information content (AvgIpc) is 3.49. The second kappa shape index (κ2) is 12.2. The van der Waals surface area contributed by atoms with Gasteiger partial charge in [-0.05, 0) is 145 Å². The lowest BCUT2D eigenvalue weighted by atomic mass is 9.32. The number of rotatable bonds is 6. The van der Waals surface area contributed by atoms with Crippen LogP contribution < -0.4 is 0 Å². The molecule has 0 heterocycles.